The van der Waals surface area contributed by atoms with E-state index in [-0.39, 0.29) is 10.8 Å². The second kappa shape index (κ2) is 17.6. The summed E-state index contributed by atoms with van der Waals surface area (Å²) in [5, 5.41) is 22.4. The molecule has 4 aromatic carbocycles. The third kappa shape index (κ3) is 11.7. The van der Waals surface area contributed by atoms with Gasteiger partial charge in [0.25, 0.3) is 0 Å². The Kier molecular flexibility index (Phi) is 13.6. The van der Waals surface area contributed by atoms with Gasteiger partial charge in [-0.3, -0.25) is 9.98 Å². The van der Waals surface area contributed by atoms with Crippen LogP contribution in [0.5, 0.6) is 11.5 Å². The number of phenolic OH excluding ortho intramolecular Hbond substituents is 2. The van der Waals surface area contributed by atoms with E-state index in [9.17, 15) is 10.2 Å². The Morgan fingerprint density at radius 1 is 0.540 bits per heavy atom. The summed E-state index contributed by atoms with van der Waals surface area (Å²) in [4.78, 5) is 13.8. The van der Waals surface area contributed by atoms with Gasteiger partial charge in [-0.2, -0.15) is 0 Å². The maximum Gasteiger partial charge on any atom is 0.128 e. The first kappa shape index (κ1) is 38.5. The van der Waals surface area contributed by atoms with Crippen LogP contribution >= 0.6 is 0 Å². The van der Waals surface area contributed by atoms with Crippen LogP contribution in [-0.4, -0.2) is 59.6 Å². The molecule has 0 fully saturated rings. The van der Waals surface area contributed by atoms with Gasteiger partial charge in [0.15, 0.2) is 0 Å². The van der Waals surface area contributed by atoms with Crippen LogP contribution in [0.15, 0.2) is 94.9 Å². The molecule has 2 N–H and O–H groups in total. The summed E-state index contributed by atoms with van der Waals surface area (Å²) in [6.45, 7) is 16.5. The highest BCUT2D eigenvalue weighted by Crippen LogP contribution is 2.33. The van der Waals surface area contributed by atoms with Crippen molar-refractivity contribution in [3.8, 4) is 11.5 Å². The summed E-state index contributed by atoms with van der Waals surface area (Å²) in [5.74, 6) is 0.615. The number of benzene rings is 4. The smallest absolute Gasteiger partial charge is 0.128 e. The number of unbranched alkanes of at least 4 members (excludes halogenated alkanes) is 3. The summed E-state index contributed by atoms with van der Waals surface area (Å²) >= 11 is 0. The predicted molar refractivity (Wildman–Crippen MR) is 212 cm³/mol. The molecule has 0 atom stereocenters. The molecule has 0 heterocycles. The zero-order chi connectivity index (χ0) is 36.3. The second-order valence-corrected chi connectivity index (χ2v) is 15.7. The monoisotopic (exact) mass is 674 g/mol. The first-order valence-corrected chi connectivity index (χ1v) is 18.0. The molecular formula is C44H58N4O2. The Morgan fingerprint density at radius 3 is 1.24 bits per heavy atom. The van der Waals surface area contributed by atoms with Crippen LogP contribution in [-0.2, 0) is 23.9 Å². The summed E-state index contributed by atoms with van der Waals surface area (Å²) in [6, 6.07) is 28.1. The van der Waals surface area contributed by atoms with Crippen molar-refractivity contribution in [3.05, 3.63) is 118 Å². The standard InChI is InChI=1S/C44H58N4O2/c1-43(2,3)37-25-33(29-45-39-19-13-11-14-20-39)41(49)35(27-37)31-47(7)23-17-9-10-18-24-48(8)32-36-28-38(44(4,5)6)26-34(42(36)50)30-46-40-21-15-12-16-22-40/h11-16,19-22,25-30,49-50H,9-10,17-18,23-24,31-32H2,1-8H3. The van der Waals surface area contributed by atoms with Crippen molar-refractivity contribution in [2.24, 2.45) is 9.98 Å². The Labute approximate surface area is 301 Å². The average molecular weight is 675 g/mol. The minimum Gasteiger partial charge on any atom is -0.507 e. The van der Waals surface area contributed by atoms with E-state index in [1.165, 1.54) is 11.1 Å². The van der Waals surface area contributed by atoms with Gasteiger partial charge in [0, 0.05) is 47.8 Å². The zero-order valence-electron chi connectivity index (χ0n) is 31.6. The third-order valence-corrected chi connectivity index (χ3v) is 9.10. The topological polar surface area (TPSA) is 71.7 Å². The molecule has 0 amide bonds. The van der Waals surface area contributed by atoms with E-state index >= 15 is 0 Å². The Hall–Kier alpha value is -4.26. The van der Waals surface area contributed by atoms with Crippen molar-refractivity contribution in [1.29, 1.82) is 0 Å². The fraction of sp³-hybridized carbons (Fsp3) is 0.409. The highest BCUT2D eigenvalue weighted by molar-refractivity contribution is 5.87. The van der Waals surface area contributed by atoms with E-state index in [2.05, 4.69) is 99.7 Å². The number of hydrogen-bond acceptors (Lipinski definition) is 6. The zero-order valence-corrected chi connectivity index (χ0v) is 31.6. The molecule has 0 unspecified atom stereocenters. The molecule has 0 aromatic heterocycles. The van der Waals surface area contributed by atoms with E-state index in [0.717, 1.165) is 72.4 Å². The van der Waals surface area contributed by atoms with Crippen molar-refractivity contribution < 1.29 is 10.2 Å². The Morgan fingerprint density at radius 2 is 0.900 bits per heavy atom. The molecule has 0 spiro atoms. The number of phenols is 2. The van der Waals surface area contributed by atoms with E-state index in [1.807, 2.05) is 60.7 Å². The average Bonchev–Trinajstić information content (AvgIpc) is 3.07. The Bertz CT molecular complexity index is 1590. The molecule has 6 nitrogen and oxygen atoms in total. The van der Waals surface area contributed by atoms with Gasteiger partial charge in [-0.1, -0.05) is 103 Å². The first-order valence-electron chi connectivity index (χ1n) is 18.0. The lowest BCUT2D eigenvalue weighted by molar-refractivity contribution is 0.297. The van der Waals surface area contributed by atoms with Crippen molar-refractivity contribution in [3.63, 3.8) is 0 Å². The SMILES string of the molecule is CN(CCCCCCN(C)Cc1cc(C(C)(C)C)cc(C=Nc2ccccc2)c1O)Cc1cc(C(C)(C)C)cc(C=Nc2ccccc2)c1O. The quantitative estimate of drug-likeness (QED) is 0.0973. The lowest BCUT2D eigenvalue weighted by Crippen LogP contribution is -2.21. The number of rotatable bonds is 15. The van der Waals surface area contributed by atoms with Crippen molar-refractivity contribution in [1.82, 2.24) is 9.80 Å². The number of aromatic hydroxyl groups is 2. The molecule has 4 rings (SSSR count). The van der Waals surface area contributed by atoms with Crippen LogP contribution in [0.25, 0.3) is 0 Å². The van der Waals surface area contributed by atoms with E-state index in [4.69, 9.17) is 0 Å². The van der Waals surface area contributed by atoms with Crippen LogP contribution < -0.4 is 0 Å². The molecule has 4 aromatic rings. The largest absolute Gasteiger partial charge is 0.507 e. The van der Waals surface area contributed by atoms with Gasteiger partial charge in [-0.15, -0.1) is 0 Å². The predicted octanol–water partition coefficient (Wildman–Crippen LogP) is 10.3. The maximum absolute atomic E-state index is 11.2. The lowest BCUT2D eigenvalue weighted by atomic mass is 9.84. The summed E-state index contributed by atoms with van der Waals surface area (Å²) in [5.41, 5.74) is 7.39. The fourth-order valence-corrected chi connectivity index (χ4v) is 5.91. The maximum atomic E-state index is 11.2. The molecule has 266 valence electrons. The normalized spacial score (nSPS) is 12.6. The molecule has 0 radical (unpaired) electrons. The minimum absolute atomic E-state index is 0.0451. The second-order valence-electron chi connectivity index (χ2n) is 15.7. The molecule has 0 bridgehead atoms. The third-order valence-electron chi connectivity index (χ3n) is 9.10. The molecule has 50 heavy (non-hydrogen) atoms. The number of aliphatic imine (C=N–C) groups is 2. The molecule has 6 heteroatoms. The molecule has 0 saturated heterocycles. The first-order chi connectivity index (χ1) is 23.7. The van der Waals surface area contributed by atoms with E-state index < -0.39 is 0 Å². The van der Waals surface area contributed by atoms with Crippen molar-refractivity contribution in [2.75, 3.05) is 27.2 Å². The highest BCUT2D eigenvalue weighted by atomic mass is 16.3. The summed E-state index contributed by atoms with van der Waals surface area (Å²) in [7, 11) is 4.26. The van der Waals surface area contributed by atoms with Crippen LogP contribution in [0, 0.1) is 0 Å². The van der Waals surface area contributed by atoms with Gasteiger partial charge >= 0.3 is 0 Å². The van der Waals surface area contributed by atoms with Crippen LogP contribution in [0.1, 0.15) is 101 Å². The van der Waals surface area contributed by atoms with Gasteiger partial charge in [-0.25, -0.2) is 0 Å². The van der Waals surface area contributed by atoms with Crippen molar-refractivity contribution >= 4 is 23.8 Å². The number of hydrogen-bond donors (Lipinski definition) is 2. The van der Waals surface area contributed by atoms with E-state index in [0.29, 0.717) is 24.6 Å². The van der Waals surface area contributed by atoms with E-state index in [1.54, 1.807) is 12.4 Å². The highest BCUT2D eigenvalue weighted by Gasteiger charge is 2.20. The molecule has 0 aliphatic carbocycles. The molecule has 0 aliphatic heterocycles. The van der Waals surface area contributed by atoms with Crippen molar-refractivity contribution in [2.45, 2.75) is 91.1 Å². The van der Waals surface area contributed by atoms with Gasteiger partial charge in [-0.05, 0) is 98.4 Å². The van der Waals surface area contributed by atoms with Gasteiger partial charge in [0.05, 0.1) is 11.4 Å². The van der Waals surface area contributed by atoms with Gasteiger partial charge in [0.2, 0.25) is 0 Å². The molecular weight excluding hydrogens is 617 g/mol. The minimum atomic E-state index is -0.0451. The van der Waals surface area contributed by atoms with Crippen LogP contribution in [0.2, 0.25) is 0 Å². The summed E-state index contributed by atoms with van der Waals surface area (Å²) in [6.07, 6.45) is 8.05. The number of nitrogens with zero attached hydrogens (tertiary/aromatic N) is 4. The van der Waals surface area contributed by atoms with Gasteiger partial charge in [0.1, 0.15) is 11.5 Å². The molecule has 0 aliphatic rings. The van der Waals surface area contributed by atoms with Crippen LogP contribution in [0.3, 0.4) is 0 Å². The van der Waals surface area contributed by atoms with Crippen LogP contribution in [0.4, 0.5) is 11.4 Å². The summed E-state index contributed by atoms with van der Waals surface area (Å²) < 4.78 is 0. The fourth-order valence-electron chi connectivity index (χ4n) is 5.91. The Balaban J connectivity index is 1.28. The van der Waals surface area contributed by atoms with Gasteiger partial charge < -0.3 is 20.0 Å². The molecule has 0 saturated carbocycles. The lowest BCUT2D eigenvalue weighted by Gasteiger charge is -2.24. The number of para-hydroxylation sites is 2.